The summed E-state index contributed by atoms with van der Waals surface area (Å²) in [5, 5.41) is 16.1. The van der Waals surface area contributed by atoms with Gasteiger partial charge in [-0.05, 0) is 53.4 Å². The van der Waals surface area contributed by atoms with Gasteiger partial charge in [-0.25, -0.2) is 9.78 Å². The molecule has 0 radical (unpaired) electrons. The Kier molecular flexibility index (Phi) is 6.79. The summed E-state index contributed by atoms with van der Waals surface area (Å²) in [5.41, 5.74) is 3.99. The molecule has 0 spiro atoms. The molecule has 0 fully saturated rings. The Bertz CT molecular complexity index is 1300. The number of thiazole rings is 1. The SMILES string of the molecule is COc1cc(-c2ccc(Nc3nc4ccccc4s3)cc2)ccc1C(=O)N[C@H](C(=O)O)C(C)C. The number of carbonyl (C=O) groups excluding carboxylic acids is 1. The van der Waals surface area contributed by atoms with Gasteiger partial charge < -0.3 is 20.5 Å². The zero-order valence-corrected chi connectivity index (χ0v) is 19.8. The molecule has 3 N–H and O–H groups in total. The van der Waals surface area contributed by atoms with Crippen LogP contribution < -0.4 is 15.4 Å². The Hall–Kier alpha value is -3.91. The van der Waals surface area contributed by atoms with E-state index < -0.39 is 17.9 Å². The van der Waals surface area contributed by atoms with Crippen molar-refractivity contribution in [3.8, 4) is 16.9 Å². The maximum Gasteiger partial charge on any atom is 0.326 e. The number of aliphatic carboxylic acids is 1. The molecule has 0 unspecified atom stereocenters. The average molecular weight is 476 g/mol. The van der Waals surface area contributed by atoms with Crippen molar-refractivity contribution in [2.24, 2.45) is 5.92 Å². The molecule has 0 saturated heterocycles. The van der Waals surface area contributed by atoms with Crippen molar-refractivity contribution >= 4 is 44.2 Å². The number of methoxy groups -OCH3 is 1. The lowest BCUT2D eigenvalue weighted by Gasteiger charge is -2.19. The van der Waals surface area contributed by atoms with Crippen LogP contribution in [0.4, 0.5) is 10.8 Å². The van der Waals surface area contributed by atoms with E-state index >= 15 is 0 Å². The van der Waals surface area contributed by atoms with Crippen molar-refractivity contribution in [1.29, 1.82) is 0 Å². The highest BCUT2D eigenvalue weighted by Gasteiger charge is 2.25. The molecule has 1 heterocycles. The number of amides is 1. The van der Waals surface area contributed by atoms with Gasteiger partial charge in [0.25, 0.3) is 5.91 Å². The van der Waals surface area contributed by atoms with Gasteiger partial charge in [0, 0.05) is 5.69 Å². The van der Waals surface area contributed by atoms with Gasteiger partial charge in [0.1, 0.15) is 11.8 Å². The summed E-state index contributed by atoms with van der Waals surface area (Å²) in [6.07, 6.45) is 0. The lowest BCUT2D eigenvalue weighted by Crippen LogP contribution is -2.44. The smallest absolute Gasteiger partial charge is 0.326 e. The molecule has 34 heavy (non-hydrogen) atoms. The van der Waals surface area contributed by atoms with Crippen molar-refractivity contribution in [2.75, 3.05) is 12.4 Å². The normalized spacial score (nSPS) is 11.9. The molecule has 0 aliphatic rings. The monoisotopic (exact) mass is 475 g/mol. The van der Waals surface area contributed by atoms with Crippen molar-refractivity contribution in [3.05, 3.63) is 72.3 Å². The molecule has 0 bridgehead atoms. The van der Waals surface area contributed by atoms with E-state index in [1.54, 1.807) is 37.3 Å². The van der Waals surface area contributed by atoms with E-state index in [0.717, 1.165) is 32.2 Å². The average Bonchev–Trinajstić information content (AvgIpc) is 3.24. The molecule has 0 saturated carbocycles. The Morgan fingerprint density at radius 1 is 1.00 bits per heavy atom. The van der Waals surface area contributed by atoms with Crippen molar-refractivity contribution in [2.45, 2.75) is 19.9 Å². The minimum atomic E-state index is -1.07. The molecule has 174 valence electrons. The standard InChI is InChI=1S/C26H25N3O4S/c1-15(2)23(25(31)32)29-24(30)19-13-10-17(14-21(19)33-3)16-8-11-18(12-9-16)27-26-28-20-6-4-5-7-22(20)34-26/h4-15,23H,1-3H3,(H,27,28)(H,29,30)(H,31,32)/t23-/m0/s1. The van der Waals surface area contributed by atoms with Gasteiger partial charge in [0.15, 0.2) is 5.13 Å². The number of hydrogen-bond donors (Lipinski definition) is 3. The molecule has 7 nitrogen and oxygen atoms in total. The highest BCUT2D eigenvalue weighted by Crippen LogP contribution is 2.31. The highest BCUT2D eigenvalue weighted by molar-refractivity contribution is 7.22. The predicted molar refractivity (Wildman–Crippen MR) is 135 cm³/mol. The lowest BCUT2D eigenvalue weighted by atomic mass is 10.0. The lowest BCUT2D eigenvalue weighted by molar-refractivity contribution is -0.140. The van der Waals surface area contributed by atoms with Crippen molar-refractivity contribution < 1.29 is 19.4 Å². The maximum atomic E-state index is 12.7. The van der Waals surface area contributed by atoms with Crippen LogP contribution in [0.15, 0.2) is 66.7 Å². The Balaban J connectivity index is 1.51. The molecular weight excluding hydrogens is 450 g/mol. The van der Waals surface area contributed by atoms with Crippen LogP contribution in [0.5, 0.6) is 5.75 Å². The highest BCUT2D eigenvalue weighted by atomic mass is 32.1. The van der Waals surface area contributed by atoms with Gasteiger partial charge in [-0.2, -0.15) is 0 Å². The van der Waals surface area contributed by atoms with E-state index in [-0.39, 0.29) is 11.5 Å². The number of para-hydroxylation sites is 1. The first-order chi connectivity index (χ1) is 16.4. The number of carboxylic acids is 1. The third kappa shape index (κ3) is 5.02. The van der Waals surface area contributed by atoms with Crippen molar-refractivity contribution in [1.82, 2.24) is 10.3 Å². The summed E-state index contributed by atoms with van der Waals surface area (Å²) < 4.78 is 6.56. The van der Waals surface area contributed by atoms with Crippen LogP contribution >= 0.6 is 11.3 Å². The summed E-state index contributed by atoms with van der Waals surface area (Å²) in [7, 11) is 1.48. The third-order valence-corrected chi connectivity index (χ3v) is 6.38. The minimum Gasteiger partial charge on any atom is -0.496 e. The van der Waals surface area contributed by atoms with Gasteiger partial charge in [-0.15, -0.1) is 0 Å². The maximum absolute atomic E-state index is 12.7. The van der Waals surface area contributed by atoms with Crippen LogP contribution in [0.3, 0.4) is 0 Å². The van der Waals surface area contributed by atoms with E-state index in [1.807, 2.05) is 54.6 Å². The van der Waals surface area contributed by atoms with Crippen molar-refractivity contribution in [3.63, 3.8) is 0 Å². The number of nitrogens with one attached hydrogen (secondary N) is 2. The van der Waals surface area contributed by atoms with E-state index in [2.05, 4.69) is 15.6 Å². The Morgan fingerprint density at radius 2 is 1.71 bits per heavy atom. The number of ether oxygens (including phenoxy) is 1. The number of fused-ring (bicyclic) bond motifs is 1. The summed E-state index contributed by atoms with van der Waals surface area (Å²) in [6.45, 7) is 3.49. The Labute approximate surface area is 201 Å². The first-order valence-corrected chi connectivity index (χ1v) is 11.6. The van der Waals surface area contributed by atoms with E-state index in [9.17, 15) is 14.7 Å². The summed E-state index contributed by atoms with van der Waals surface area (Å²) in [6, 6.07) is 20.1. The first-order valence-electron chi connectivity index (χ1n) is 10.8. The largest absolute Gasteiger partial charge is 0.496 e. The number of aromatic nitrogens is 1. The fraction of sp³-hybridized carbons (Fsp3) is 0.192. The van der Waals surface area contributed by atoms with Gasteiger partial charge in [0.2, 0.25) is 0 Å². The van der Waals surface area contributed by atoms with Gasteiger partial charge in [-0.3, -0.25) is 4.79 Å². The molecule has 4 rings (SSSR count). The van der Waals surface area contributed by atoms with E-state index in [0.29, 0.717) is 5.75 Å². The minimum absolute atomic E-state index is 0.249. The molecule has 4 aromatic rings. The zero-order valence-electron chi connectivity index (χ0n) is 19.0. The summed E-state index contributed by atoms with van der Waals surface area (Å²) in [4.78, 5) is 28.7. The Morgan fingerprint density at radius 3 is 2.35 bits per heavy atom. The van der Waals surface area contributed by atoms with Crippen LogP contribution in [-0.2, 0) is 4.79 Å². The first kappa shape index (κ1) is 23.3. The molecule has 1 amide bonds. The molecule has 3 aromatic carbocycles. The second kappa shape index (κ2) is 9.93. The molecular formula is C26H25N3O4S. The van der Waals surface area contributed by atoms with Crippen LogP contribution in [0.25, 0.3) is 21.3 Å². The molecule has 0 aliphatic heterocycles. The number of carbonyl (C=O) groups is 2. The van der Waals surface area contributed by atoms with Crippen LogP contribution in [0.1, 0.15) is 24.2 Å². The molecule has 1 aromatic heterocycles. The van der Waals surface area contributed by atoms with Crippen LogP contribution in [-0.4, -0.2) is 35.1 Å². The second-order valence-electron chi connectivity index (χ2n) is 8.14. The quantitative estimate of drug-likeness (QED) is 0.309. The fourth-order valence-corrected chi connectivity index (χ4v) is 4.47. The van der Waals surface area contributed by atoms with Crippen LogP contribution in [0.2, 0.25) is 0 Å². The van der Waals surface area contributed by atoms with Gasteiger partial charge >= 0.3 is 5.97 Å². The molecule has 1 atom stereocenters. The summed E-state index contributed by atoms with van der Waals surface area (Å²) >= 11 is 1.60. The number of anilines is 2. The number of benzene rings is 3. The fourth-order valence-electron chi connectivity index (χ4n) is 3.59. The number of hydrogen-bond acceptors (Lipinski definition) is 6. The second-order valence-corrected chi connectivity index (χ2v) is 9.17. The van der Waals surface area contributed by atoms with E-state index in [1.165, 1.54) is 7.11 Å². The number of carboxylic acid groups (broad SMARTS) is 1. The van der Waals surface area contributed by atoms with Crippen LogP contribution in [0, 0.1) is 5.92 Å². The van der Waals surface area contributed by atoms with Gasteiger partial charge in [0.05, 0.1) is 22.9 Å². The topological polar surface area (TPSA) is 101 Å². The van der Waals surface area contributed by atoms with E-state index in [4.69, 9.17) is 4.74 Å². The molecule has 8 heteroatoms. The molecule has 0 aliphatic carbocycles. The number of nitrogens with zero attached hydrogens (tertiary/aromatic N) is 1. The summed E-state index contributed by atoms with van der Waals surface area (Å²) in [5.74, 6) is -1.43. The third-order valence-electron chi connectivity index (χ3n) is 5.43. The van der Waals surface area contributed by atoms with Gasteiger partial charge in [-0.1, -0.05) is 55.5 Å². The zero-order chi connectivity index (χ0) is 24.2. The predicted octanol–water partition coefficient (Wildman–Crippen LogP) is 5.55. The number of rotatable bonds is 8.